The minimum absolute atomic E-state index is 0.158. The van der Waals surface area contributed by atoms with Crippen LogP contribution in [0.5, 0.6) is 0 Å². The predicted molar refractivity (Wildman–Crippen MR) is 73.3 cm³/mol. The third kappa shape index (κ3) is 2.67. The van der Waals surface area contributed by atoms with Crippen molar-refractivity contribution >= 4 is 21.7 Å². The number of benzene rings is 2. The lowest BCUT2D eigenvalue weighted by atomic mass is 10.0. The first kappa shape index (κ1) is 13.0. The monoisotopic (exact) mass is 306 g/mol. The molecule has 0 fully saturated rings. The summed E-state index contributed by atoms with van der Waals surface area (Å²) >= 11 is 3.38. The van der Waals surface area contributed by atoms with Gasteiger partial charge in [0.15, 0.2) is 5.78 Å². The van der Waals surface area contributed by atoms with Gasteiger partial charge in [0, 0.05) is 10.9 Å². The Bertz CT molecular complexity index is 593. The fourth-order valence-corrected chi connectivity index (χ4v) is 2.20. The van der Waals surface area contributed by atoms with Crippen molar-refractivity contribution in [1.29, 1.82) is 0 Å². The van der Waals surface area contributed by atoms with Crippen molar-refractivity contribution in [3.8, 4) is 0 Å². The summed E-state index contributed by atoms with van der Waals surface area (Å²) in [7, 11) is 0. The number of ketones is 1. The lowest BCUT2D eigenvalue weighted by molar-refractivity contribution is 0.0989. The molecule has 0 N–H and O–H groups in total. The molecule has 92 valence electrons. The Labute approximate surface area is 114 Å². The van der Waals surface area contributed by atoms with E-state index in [1.807, 2.05) is 24.3 Å². The van der Waals surface area contributed by atoms with E-state index in [2.05, 4.69) is 15.9 Å². The zero-order chi connectivity index (χ0) is 13.1. The number of aryl methyl sites for hydroxylation is 1. The van der Waals surface area contributed by atoms with Crippen molar-refractivity contribution < 1.29 is 9.18 Å². The number of Topliss-reactive ketones (excluding diaryl/α,β-unsaturated/α-hetero) is 1. The highest BCUT2D eigenvalue weighted by atomic mass is 79.9. The third-order valence-corrected chi connectivity index (χ3v) is 3.57. The molecule has 1 nitrogen and oxygen atoms in total. The minimum atomic E-state index is -0.422. The maximum absolute atomic E-state index is 13.8. The first-order valence-electron chi connectivity index (χ1n) is 5.61. The smallest absolute Gasteiger partial charge is 0.170 e. The van der Waals surface area contributed by atoms with Crippen LogP contribution in [0.25, 0.3) is 0 Å². The van der Waals surface area contributed by atoms with Gasteiger partial charge in [-0.05, 0) is 30.2 Å². The van der Waals surface area contributed by atoms with E-state index in [1.165, 1.54) is 6.07 Å². The molecule has 0 spiro atoms. The SMILES string of the molecule is Cc1cccc(C(=O)Cc2ccccc2Br)c1F. The van der Waals surface area contributed by atoms with Gasteiger partial charge in [-0.3, -0.25) is 4.79 Å². The van der Waals surface area contributed by atoms with Crippen LogP contribution in [0.4, 0.5) is 4.39 Å². The molecular weight excluding hydrogens is 295 g/mol. The summed E-state index contributed by atoms with van der Waals surface area (Å²) < 4.78 is 14.7. The van der Waals surface area contributed by atoms with E-state index in [9.17, 15) is 9.18 Å². The van der Waals surface area contributed by atoms with Gasteiger partial charge in [0.25, 0.3) is 0 Å². The van der Waals surface area contributed by atoms with Gasteiger partial charge in [0.2, 0.25) is 0 Å². The summed E-state index contributed by atoms with van der Waals surface area (Å²) in [5.74, 6) is -0.627. The summed E-state index contributed by atoms with van der Waals surface area (Å²) in [4.78, 5) is 12.1. The molecule has 18 heavy (non-hydrogen) atoms. The maximum atomic E-state index is 13.8. The van der Waals surface area contributed by atoms with Crippen LogP contribution in [0.1, 0.15) is 21.5 Å². The second-order valence-electron chi connectivity index (χ2n) is 4.13. The van der Waals surface area contributed by atoms with Crippen LogP contribution in [-0.4, -0.2) is 5.78 Å². The van der Waals surface area contributed by atoms with Crippen molar-refractivity contribution in [2.75, 3.05) is 0 Å². The topological polar surface area (TPSA) is 17.1 Å². The standard InChI is InChI=1S/C15H12BrFO/c1-10-5-4-7-12(15(10)17)14(18)9-11-6-2-3-8-13(11)16/h2-8H,9H2,1H3. The van der Waals surface area contributed by atoms with Gasteiger partial charge >= 0.3 is 0 Å². The second-order valence-corrected chi connectivity index (χ2v) is 4.98. The number of hydrogen-bond acceptors (Lipinski definition) is 1. The van der Waals surface area contributed by atoms with Crippen LogP contribution in [0.3, 0.4) is 0 Å². The van der Waals surface area contributed by atoms with Gasteiger partial charge in [-0.15, -0.1) is 0 Å². The highest BCUT2D eigenvalue weighted by molar-refractivity contribution is 9.10. The molecule has 0 aliphatic carbocycles. The molecule has 0 aromatic heterocycles. The van der Waals surface area contributed by atoms with Crippen LogP contribution in [0.2, 0.25) is 0 Å². The molecule has 0 unspecified atom stereocenters. The zero-order valence-electron chi connectivity index (χ0n) is 9.91. The Kier molecular flexibility index (Phi) is 3.92. The Morgan fingerprint density at radius 2 is 1.89 bits per heavy atom. The Morgan fingerprint density at radius 3 is 2.61 bits per heavy atom. The lowest BCUT2D eigenvalue weighted by Crippen LogP contribution is -2.07. The number of hydrogen-bond donors (Lipinski definition) is 0. The molecule has 0 aliphatic heterocycles. The van der Waals surface area contributed by atoms with Gasteiger partial charge < -0.3 is 0 Å². The van der Waals surface area contributed by atoms with Crippen molar-refractivity contribution in [3.63, 3.8) is 0 Å². The minimum Gasteiger partial charge on any atom is -0.294 e. The second kappa shape index (κ2) is 5.44. The highest BCUT2D eigenvalue weighted by Crippen LogP contribution is 2.20. The van der Waals surface area contributed by atoms with Crippen molar-refractivity contribution in [1.82, 2.24) is 0 Å². The number of rotatable bonds is 3. The Morgan fingerprint density at radius 1 is 1.17 bits per heavy atom. The molecule has 2 aromatic carbocycles. The molecule has 0 bridgehead atoms. The Hall–Kier alpha value is -1.48. The van der Waals surface area contributed by atoms with Gasteiger partial charge in [-0.2, -0.15) is 0 Å². The average molecular weight is 307 g/mol. The van der Waals surface area contributed by atoms with Crippen molar-refractivity contribution in [2.45, 2.75) is 13.3 Å². The van der Waals surface area contributed by atoms with E-state index in [0.29, 0.717) is 5.56 Å². The fraction of sp³-hybridized carbons (Fsp3) is 0.133. The quantitative estimate of drug-likeness (QED) is 0.772. The first-order valence-corrected chi connectivity index (χ1v) is 6.40. The molecule has 0 heterocycles. The van der Waals surface area contributed by atoms with E-state index in [-0.39, 0.29) is 17.8 Å². The molecule has 0 atom stereocenters. The maximum Gasteiger partial charge on any atom is 0.170 e. The summed E-state index contributed by atoms with van der Waals surface area (Å²) in [5.41, 5.74) is 1.52. The van der Waals surface area contributed by atoms with Crippen LogP contribution < -0.4 is 0 Å². The van der Waals surface area contributed by atoms with Gasteiger partial charge in [-0.1, -0.05) is 46.3 Å². The number of carbonyl (C=O) groups is 1. The molecule has 0 amide bonds. The van der Waals surface area contributed by atoms with Crippen molar-refractivity contribution in [2.24, 2.45) is 0 Å². The normalized spacial score (nSPS) is 10.4. The average Bonchev–Trinajstić information content (AvgIpc) is 2.35. The molecule has 2 rings (SSSR count). The van der Waals surface area contributed by atoms with Crippen LogP contribution in [-0.2, 0) is 6.42 Å². The number of halogens is 2. The zero-order valence-corrected chi connectivity index (χ0v) is 11.5. The molecule has 0 saturated carbocycles. The lowest BCUT2D eigenvalue weighted by Gasteiger charge is -2.06. The third-order valence-electron chi connectivity index (χ3n) is 2.80. The van der Waals surface area contributed by atoms with E-state index in [4.69, 9.17) is 0 Å². The highest BCUT2D eigenvalue weighted by Gasteiger charge is 2.14. The van der Waals surface area contributed by atoms with Gasteiger partial charge in [0.05, 0.1) is 5.56 Å². The first-order chi connectivity index (χ1) is 8.59. The summed E-state index contributed by atoms with van der Waals surface area (Å²) in [6, 6.07) is 12.4. The molecule has 0 radical (unpaired) electrons. The fourth-order valence-electron chi connectivity index (χ4n) is 1.77. The van der Waals surface area contributed by atoms with Crippen LogP contribution >= 0.6 is 15.9 Å². The summed E-state index contributed by atoms with van der Waals surface area (Å²) in [6.07, 6.45) is 0.196. The Balaban J connectivity index is 2.28. The predicted octanol–water partition coefficient (Wildman–Crippen LogP) is 4.32. The summed E-state index contributed by atoms with van der Waals surface area (Å²) in [5, 5.41) is 0. The largest absolute Gasteiger partial charge is 0.294 e. The molecular formula is C15H12BrFO. The van der Waals surface area contributed by atoms with E-state index in [0.717, 1.165) is 10.0 Å². The van der Waals surface area contributed by atoms with Crippen LogP contribution in [0.15, 0.2) is 46.9 Å². The van der Waals surface area contributed by atoms with E-state index in [1.54, 1.807) is 19.1 Å². The molecule has 3 heteroatoms. The molecule has 0 aliphatic rings. The summed E-state index contributed by atoms with van der Waals surface area (Å²) in [6.45, 7) is 1.66. The number of carbonyl (C=O) groups excluding carboxylic acids is 1. The van der Waals surface area contributed by atoms with Gasteiger partial charge in [0.1, 0.15) is 5.82 Å². The molecule has 0 saturated heterocycles. The van der Waals surface area contributed by atoms with Gasteiger partial charge in [-0.25, -0.2) is 4.39 Å². The van der Waals surface area contributed by atoms with E-state index >= 15 is 0 Å². The van der Waals surface area contributed by atoms with Crippen LogP contribution in [0, 0.1) is 12.7 Å². The van der Waals surface area contributed by atoms with Crippen molar-refractivity contribution in [3.05, 3.63) is 69.4 Å². The molecule has 2 aromatic rings. The van der Waals surface area contributed by atoms with E-state index < -0.39 is 5.82 Å².